The number of carbonyl (C=O) groups excluding carboxylic acids is 2. The summed E-state index contributed by atoms with van der Waals surface area (Å²) < 4.78 is 5.03. The van der Waals surface area contributed by atoms with Gasteiger partial charge in [0.05, 0.1) is 18.2 Å². The van der Waals surface area contributed by atoms with Gasteiger partial charge in [0.2, 0.25) is 0 Å². The number of hydrogen-bond donors (Lipinski definition) is 1. The molecule has 1 aromatic rings. The van der Waals surface area contributed by atoms with E-state index in [0.717, 1.165) is 32.0 Å². The molecule has 4 atom stereocenters. The van der Waals surface area contributed by atoms with Crippen LogP contribution in [-0.2, 0) is 4.74 Å². The zero-order chi connectivity index (χ0) is 21.4. The van der Waals surface area contributed by atoms with Crippen molar-refractivity contribution in [3.8, 4) is 0 Å². The van der Waals surface area contributed by atoms with Crippen molar-refractivity contribution in [1.29, 1.82) is 0 Å². The van der Waals surface area contributed by atoms with Gasteiger partial charge >= 0.3 is 12.0 Å². The third-order valence-electron chi connectivity index (χ3n) is 7.57. The molecular formula is C25H33N3O3. The van der Waals surface area contributed by atoms with E-state index in [0.29, 0.717) is 29.7 Å². The highest BCUT2D eigenvalue weighted by molar-refractivity contribution is 5.92. The Morgan fingerprint density at radius 2 is 1.97 bits per heavy atom. The van der Waals surface area contributed by atoms with Gasteiger partial charge in [-0.25, -0.2) is 9.59 Å². The second-order valence-corrected chi connectivity index (χ2v) is 9.43. The van der Waals surface area contributed by atoms with Crippen LogP contribution in [-0.4, -0.2) is 60.1 Å². The van der Waals surface area contributed by atoms with Gasteiger partial charge in [0.1, 0.15) is 0 Å². The minimum atomic E-state index is -0.337. The van der Waals surface area contributed by atoms with E-state index in [1.807, 2.05) is 0 Å². The minimum absolute atomic E-state index is 0.0290. The third-order valence-corrected chi connectivity index (χ3v) is 7.57. The predicted octanol–water partition coefficient (Wildman–Crippen LogP) is 4.29. The average molecular weight is 424 g/mol. The van der Waals surface area contributed by atoms with Crippen LogP contribution < -0.4 is 5.32 Å². The summed E-state index contributed by atoms with van der Waals surface area (Å²) in [5.74, 6) is 0.872. The first kappa shape index (κ1) is 20.6. The summed E-state index contributed by atoms with van der Waals surface area (Å²) in [6.07, 6.45) is 9.91. The molecule has 6 nitrogen and oxygen atoms in total. The topological polar surface area (TPSA) is 61.9 Å². The van der Waals surface area contributed by atoms with Gasteiger partial charge in [-0.1, -0.05) is 18.1 Å². The Bertz CT molecular complexity index is 865. The van der Waals surface area contributed by atoms with E-state index >= 15 is 0 Å². The molecule has 6 heteroatoms. The van der Waals surface area contributed by atoms with Gasteiger partial charge in [-0.05, 0) is 81.7 Å². The van der Waals surface area contributed by atoms with Crippen LogP contribution in [0.5, 0.6) is 0 Å². The molecule has 0 radical (unpaired) electrons. The maximum atomic E-state index is 13.3. The Balaban J connectivity index is 1.31. The lowest BCUT2D eigenvalue weighted by atomic mass is 9.68. The fourth-order valence-corrected chi connectivity index (χ4v) is 6.30. The minimum Gasteiger partial charge on any atom is -0.462 e. The van der Waals surface area contributed by atoms with Gasteiger partial charge in [-0.3, -0.25) is 4.90 Å². The summed E-state index contributed by atoms with van der Waals surface area (Å²) in [6, 6.07) is 7.89. The monoisotopic (exact) mass is 423 g/mol. The number of benzene rings is 1. The van der Waals surface area contributed by atoms with Crippen molar-refractivity contribution < 1.29 is 14.3 Å². The number of nitrogens with one attached hydrogen (secondary N) is 1. The summed E-state index contributed by atoms with van der Waals surface area (Å²) in [5.41, 5.74) is 2.70. The number of esters is 1. The maximum Gasteiger partial charge on any atom is 0.338 e. The molecule has 3 fully saturated rings. The number of nitrogens with zero attached hydrogens (tertiary/aromatic N) is 2. The van der Waals surface area contributed by atoms with Gasteiger partial charge in [-0.15, -0.1) is 0 Å². The standard InChI is InChI=1S/C25H33N3O3/c1-2-31-24(29)17-8-10-21(11-9-17)26-25(30)28-13-5-6-18-14-19-15-20(23(18)28)16-27-12-4-3-7-22(19)27/h8-11,14,19-20,22-23H,2-7,12-13,15-16H2,1H3,(H,26,30)/t19-,20+,22-,23-/m0/s1. The Hall–Kier alpha value is -2.34. The molecule has 3 saturated heterocycles. The fraction of sp³-hybridized carbons (Fsp3) is 0.600. The summed E-state index contributed by atoms with van der Waals surface area (Å²) >= 11 is 0. The number of piperidine rings is 3. The SMILES string of the molecule is CCOC(=O)c1ccc(NC(=O)N2CCCC3=C[C@H]4C[C@H](CN5CCCC[C@@H]45)[C@H]32)cc1. The highest BCUT2D eigenvalue weighted by Gasteiger charge is 2.46. The molecule has 3 heterocycles. The molecule has 166 valence electrons. The molecule has 0 spiro atoms. The molecule has 1 aromatic carbocycles. The molecule has 2 amide bonds. The normalized spacial score (nSPS) is 30.0. The zero-order valence-electron chi connectivity index (χ0n) is 18.4. The van der Waals surface area contributed by atoms with E-state index in [-0.39, 0.29) is 18.0 Å². The van der Waals surface area contributed by atoms with Crippen LogP contribution in [0.4, 0.5) is 10.5 Å². The molecule has 0 unspecified atom stereocenters. The van der Waals surface area contributed by atoms with E-state index in [4.69, 9.17) is 4.74 Å². The number of likely N-dealkylation sites (tertiary alicyclic amines) is 1. The first-order chi connectivity index (χ1) is 15.1. The van der Waals surface area contributed by atoms with Crippen molar-refractivity contribution >= 4 is 17.7 Å². The first-order valence-corrected chi connectivity index (χ1v) is 11.9. The lowest BCUT2D eigenvalue weighted by Crippen LogP contribution is -2.60. The van der Waals surface area contributed by atoms with Crippen molar-refractivity contribution in [2.24, 2.45) is 11.8 Å². The third kappa shape index (κ3) is 3.98. The average Bonchev–Trinajstić information content (AvgIpc) is 2.79. The number of fused-ring (bicyclic) bond motifs is 6. The van der Waals surface area contributed by atoms with Crippen molar-refractivity contribution in [3.63, 3.8) is 0 Å². The van der Waals surface area contributed by atoms with Crippen molar-refractivity contribution in [1.82, 2.24) is 9.80 Å². The Labute approximate surface area is 184 Å². The molecule has 1 aliphatic carbocycles. The highest BCUT2D eigenvalue weighted by Crippen LogP contribution is 2.45. The second kappa shape index (κ2) is 8.65. The smallest absolute Gasteiger partial charge is 0.338 e. The Morgan fingerprint density at radius 1 is 1.13 bits per heavy atom. The number of rotatable bonds is 3. The van der Waals surface area contributed by atoms with Gasteiger partial charge in [0.15, 0.2) is 0 Å². The second-order valence-electron chi connectivity index (χ2n) is 9.43. The van der Waals surface area contributed by atoms with E-state index in [9.17, 15) is 9.59 Å². The number of hydrogen-bond acceptors (Lipinski definition) is 4. The van der Waals surface area contributed by atoms with E-state index in [2.05, 4.69) is 21.2 Å². The van der Waals surface area contributed by atoms with E-state index in [1.54, 1.807) is 31.2 Å². The fourth-order valence-electron chi connectivity index (χ4n) is 6.30. The molecule has 0 saturated carbocycles. The molecule has 1 N–H and O–H groups in total. The lowest BCUT2D eigenvalue weighted by molar-refractivity contribution is 0.00908. The van der Waals surface area contributed by atoms with Gasteiger partial charge in [-0.2, -0.15) is 0 Å². The number of carbonyl (C=O) groups is 2. The lowest BCUT2D eigenvalue weighted by Gasteiger charge is -2.54. The van der Waals surface area contributed by atoms with Crippen LogP contribution in [0.25, 0.3) is 0 Å². The molecule has 2 bridgehead atoms. The molecule has 0 aromatic heterocycles. The molecule has 31 heavy (non-hydrogen) atoms. The number of urea groups is 1. The van der Waals surface area contributed by atoms with Crippen LogP contribution in [0, 0.1) is 11.8 Å². The van der Waals surface area contributed by atoms with Crippen LogP contribution >= 0.6 is 0 Å². The largest absolute Gasteiger partial charge is 0.462 e. The van der Waals surface area contributed by atoms with Gasteiger partial charge < -0.3 is 15.0 Å². The van der Waals surface area contributed by atoms with Crippen molar-refractivity contribution in [2.75, 3.05) is 31.6 Å². The zero-order valence-corrected chi connectivity index (χ0v) is 18.4. The van der Waals surface area contributed by atoms with Gasteiger partial charge in [0.25, 0.3) is 0 Å². The van der Waals surface area contributed by atoms with Crippen LogP contribution in [0.15, 0.2) is 35.9 Å². The summed E-state index contributed by atoms with van der Waals surface area (Å²) in [7, 11) is 0. The van der Waals surface area contributed by atoms with Gasteiger partial charge in [0, 0.05) is 24.8 Å². The van der Waals surface area contributed by atoms with Crippen LogP contribution in [0.1, 0.15) is 55.8 Å². The van der Waals surface area contributed by atoms with Crippen molar-refractivity contribution in [2.45, 2.75) is 57.5 Å². The van der Waals surface area contributed by atoms with Crippen LogP contribution in [0.2, 0.25) is 0 Å². The van der Waals surface area contributed by atoms with E-state index < -0.39 is 0 Å². The molecule has 4 aliphatic rings. The Kier molecular flexibility index (Phi) is 5.74. The summed E-state index contributed by atoms with van der Waals surface area (Å²) in [5, 5.41) is 3.07. The highest BCUT2D eigenvalue weighted by atomic mass is 16.5. The summed E-state index contributed by atoms with van der Waals surface area (Å²) in [6.45, 7) is 5.29. The predicted molar refractivity (Wildman–Crippen MR) is 120 cm³/mol. The van der Waals surface area contributed by atoms with Crippen LogP contribution in [0.3, 0.4) is 0 Å². The number of ether oxygens (including phenoxy) is 1. The van der Waals surface area contributed by atoms with E-state index in [1.165, 1.54) is 37.8 Å². The maximum absolute atomic E-state index is 13.3. The first-order valence-electron chi connectivity index (χ1n) is 11.9. The van der Waals surface area contributed by atoms with Crippen molar-refractivity contribution in [3.05, 3.63) is 41.5 Å². The summed E-state index contributed by atoms with van der Waals surface area (Å²) in [4.78, 5) is 29.9. The number of anilines is 1. The quantitative estimate of drug-likeness (QED) is 0.582. The molecule has 5 rings (SSSR count). The molecular weight excluding hydrogens is 390 g/mol. The number of amides is 2. The Morgan fingerprint density at radius 3 is 2.77 bits per heavy atom. The molecule has 3 aliphatic heterocycles.